The maximum absolute atomic E-state index is 12.6. The number of amides is 3. The number of benzene rings is 1. The molecule has 33 heavy (non-hydrogen) atoms. The van der Waals surface area contributed by atoms with Gasteiger partial charge in [-0.25, -0.2) is 4.79 Å². The molecule has 176 valence electrons. The number of imide groups is 1. The molecule has 9 heteroatoms. The normalized spacial score (nSPS) is 25.2. The summed E-state index contributed by atoms with van der Waals surface area (Å²) in [5.74, 6) is -2.48. The SMILES string of the molecule is CCCCOC(=O)c1ccc(NC(=O)COC(=O)CN2C(=O)[C@H]3[C@H]4CC[C@@H](C4)[C@@H]3C2=O)cc1. The van der Waals surface area contributed by atoms with E-state index in [9.17, 15) is 24.0 Å². The van der Waals surface area contributed by atoms with Gasteiger partial charge in [0.25, 0.3) is 5.91 Å². The van der Waals surface area contributed by atoms with Gasteiger partial charge in [-0.1, -0.05) is 13.3 Å². The van der Waals surface area contributed by atoms with Gasteiger partial charge in [-0.2, -0.15) is 0 Å². The second-order valence-electron chi connectivity index (χ2n) is 8.92. The Labute approximate surface area is 191 Å². The first-order chi connectivity index (χ1) is 15.9. The average molecular weight is 456 g/mol. The van der Waals surface area contributed by atoms with E-state index in [0.717, 1.165) is 37.0 Å². The smallest absolute Gasteiger partial charge is 0.338 e. The molecule has 1 heterocycles. The Morgan fingerprint density at radius 2 is 1.64 bits per heavy atom. The lowest BCUT2D eigenvalue weighted by Gasteiger charge is -2.19. The fourth-order valence-corrected chi connectivity index (χ4v) is 5.23. The maximum Gasteiger partial charge on any atom is 0.338 e. The Morgan fingerprint density at radius 3 is 2.24 bits per heavy atom. The highest BCUT2D eigenvalue weighted by Gasteiger charge is 2.61. The zero-order valence-corrected chi connectivity index (χ0v) is 18.6. The zero-order chi connectivity index (χ0) is 23.5. The summed E-state index contributed by atoms with van der Waals surface area (Å²) < 4.78 is 10.1. The Morgan fingerprint density at radius 1 is 1.00 bits per heavy atom. The van der Waals surface area contributed by atoms with Gasteiger partial charge >= 0.3 is 11.9 Å². The van der Waals surface area contributed by atoms with E-state index in [-0.39, 0.29) is 35.5 Å². The van der Waals surface area contributed by atoms with Crippen molar-refractivity contribution in [2.45, 2.75) is 39.0 Å². The third-order valence-electron chi connectivity index (χ3n) is 6.81. The van der Waals surface area contributed by atoms with Crippen LogP contribution in [0.4, 0.5) is 5.69 Å². The molecule has 1 aromatic carbocycles. The Balaban J connectivity index is 1.21. The molecule has 1 aromatic rings. The number of unbranched alkanes of at least 4 members (excludes halogenated alkanes) is 1. The fourth-order valence-electron chi connectivity index (χ4n) is 5.23. The van der Waals surface area contributed by atoms with Crippen LogP contribution in [0.5, 0.6) is 0 Å². The first-order valence-electron chi connectivity index (χ1n) is 11.5. The highest BCUT2D eigenvalue weighted by molar-refractivity contribution is 6.08. The number of ether oxygens (including phenoxy) is 2. The number of carbonyl (C=O) groups is 5. The number of nitrogens with zero attached hydrogens (tertiary/aromatic N) is 1. The summed E-state index contributed by atoms with van der Waals surface area (Å²) in [5.41, 5.74) is 0.794. The molecule has 0 aromatic heterocycles. The minimum absolute atomic E-state index is 0.243. The average Bonchev–Trinajstić information content (AvgIpc) is 3.48. The lowest BCUT2D eigenvalue weighted by atomic mass is 9.81. The summed E-state index contributed by atoms with van der Waals surface area (Å²) in [4.78, 5) is 62.4. The molecule has 2 bridgehead atoms. The predicted molar refractivity (Wildman–Crippen MR) is 116 cm³/mol. The molecular formula is C24H28N2O7. The number of rotatable bonds is 9. The minimum Gasteiger partial charge on any atom is -0.462 e. The van der Waals surface area contributed by atoms with E-state index in [1.165, 1.54) is 12.1 Å². The van der Waals surface area contributed by atoms with Crippen molar-refractivity contribution >= 4 is 35.3 Å². The van der Waals surface area contributed by atoms with E-state index in [1.54, 1.807) is 12.1 Å². The van der Waals surface area contributed by atoms with Gasteiger partial charge in [0, 0.05) is 5.69 Å². The van der Waals surface area contributed by atoms with E-state index >= 15 is 0 Å². The maximum atomic E-state index is 12.6. The molecule has 4 rings (SSSR count). The van der Waals surface area contributed by atoms with Crippen molar-refractivity contribution in [3.8, 4) is 0 Å². The molecule has 1 aliphatic heterocycles. The molecule has 9 nitrogen and oxygen atoms in total. The first-order valence-corrected chi connectivity index (χ1v) is 11.5. The third-order valence-corrected chi connectivity index (χ3v) is 6.81. The van der Waals surface area contributed by atoms with Gasteiger partial charge in [0.2, 0.25) is 11.8 Å². The lowest BCUT2D eigenvalue weighted by Crippen LogP contribution is -2.38. The number of hydrogen-bond donors (Lipinski definition) is 1. The van der Waals surface area contributed by atoms with Gasteiger partial charge in [0.05, 0.1) is 24.0 Å². The molecule has 3 aliphatic rings. The predicted octanol–water partition coefficient (Wildman–Crippen LogP) is 2.16. The first kappa shape index (κ1) is 22.9. The lowest BCUT2D eigenvalue weighted by molar-refractivity contribution is -0.154. The number of esters is 2. The molecule has 3 fully saturated rings. The van der Waals surface area contributed by atoms with Crippen LogP contribution in [-0.2, 0) is 28.7 Å². The van der Waals surface area contributed by atoms with Gasteiger partial charge in [-0.3, -0.25) is 24.1 Å². The van der Waals surface area contributed by atoms with Gasteiger partial charge in [0.1, 0.15) is 6.54 Å². The van der Waals surface area contributed by atoms with Crippen molar-refractivity contribution in [3.63, 3.8) is 0 Å². The summed E-state index contributed by atoms with van der Waals surface area (Å²) in [6.45, 7) is 1.35. The van der Waals surface area contributed by atoms with Crippen LogP contribution in [0.1, 0.15) is 49.4 Å². The molecule has 0 unspecified atom stereocenters. The second-order valence-corrected chi connectivity index (χ2v) is 8.92. The number of carbonyl (C=O) groups excluding carboxylic acids is 5. The summed E-state index contributed by atoms with van der Waals surface area (Å²) in [6, 6.07) is 6.16. The summed E-state index contributed by atoms with van der Waals surface area (Å²) in [6.07, 6.45) is 4.57. The number of nitrogens with one attached hydrogen (secondary N) is 1. The molecule has 4 atom stereocenters. The van der Waals surface area contributed by atoms with Crippen molar-refractivity contribution < 1.29 is 33.4 Å². The van der Waals surface area contributed by atoms with Crippen molar-refractivity contribution in [1.82, 2.24) is 4.90 Å². The van der Waals surface area contributed by atoms with Crippen LogP contribution < -0.4 is 5.32 Å². The van der Waals surface area contributed by atoms with Gasteiger partial charge in [-0.05, 0) is 61.8 Å². The standard InChI is InChI=1S/C24H28N2O7/c1-2-3-10-32-24(31)14-6-8-17(9-7-14)25-18(27)13-33-19(28)12-26-22(29)20-15-4-5-16(11-15)21(20)23(26)30/h6-9,15-16,20-21H,2-5,10-13H2,1H3,(H,25,27)/t15-,16-,20-,21-/m0/s1. The minimum atomic E-state index is -0.802. The molecule has 0 spiro atoms. The van der Waals surface area contributed by atoms with E-state index in [1.807, 2.05) is 6.92 Å². The molecule has 1 saturated heterocycles. The van der Waals surface area contributed by atoms with E-state index in [4.69, 9.17) is 9.47 Å². The highest BCUT2D eigenvalue weighted by atomic mass is 16.5. The van der Waals surface area contributed by atoms with Crippen molar-refractivity contribution in [1.29, 1.82) is 0 Å². The van der Waals surface area contributed by atoms with Crippen LogP contribution in [0.2, 0.25) is 0 Å². The third kappa shape index (κ3) is 4.77. The van der Waals surface area contributed by atoms with Crippen molar-refractivity contribution in [2.75, 3.05) is 25.1 Å². The number of likely N-dealkylation sites (tertiary alicyclic amines) is 1. The van der Waals surface area contributed by atoms with Crippen molar-refractivity contribution in [3.05, 3.63) is 29.8 Å². The topological polar surface area (TPSA) is 119 Å². The Kier molecular flexibility index (Phi) is 6.76. The summed E-state index contributed by atoms with van der Waals surface area (Å²) in [7, 11) is 0. The zero-order valence-electron chi connectivity index (χ0n) is 18.6. The highest BCUT2D eigenvalue weighted by Crippen LogP contribution is 2.56. The van der Waals surface area contributed by atoms with Crippen LogP contribution in [0, 0.1) is 23.7 Å². The molecule has 0 radical (unpaired) electrons. The molecule has 2 saturated carbocycles. The number of anilines is 1. The van der Waals surface area contributed by atoms with E-state index in [0.29, 0.717) is 17.9 Å². The van der Waals surface area contributed by atoms with Crippen molar-refractivity contribution in [2.24, 2.45) is 23.7 Å². The summed E-state index contributed by atoms with van der Waals surface area (Å²) in [5, 5.41) is 2.56. The van der Waals surface area contributed by atoms with Crippen LogP contribution in [-0.4, -0.2) is 54.3 Å². The van der Waals surface area contributed by atoms with Gasteiger partial charge in [0.15, 0.2) is 6.61 Å². The quantitative estimate of drug-likeness (QED) is 0.344. The van der Waals surface area contributed by atoms with Crippen LogP contribution in [0.3, 0.4) is 0 Å². The van der Waals surface area contributed by atoms with Gasteiger partial charge in [-0.15, -0.1) is 0 Å². The largest absolute Gasteiger partial charge is 0.462 e. The number of fused-ring (bicyclic) bond motifs is 5. The molecule has 1 N–H and O–H groups in total. The number of hydrogen-bond acceptors (Lipinski definition) is 7. The molecule has 3 amide bonds. The molecule has 2 aliphatic carbocycles. The van der Waals surface area contributed by atoms with Crippen LogP contribution >= 0.6 is 0 Å². The monoisotopic (exact) mass is 456 g/mol. The van der Waals surface area contributed by atoms with E-state index in [2.05, 4.69) is 5.32 Å². The van der Waals surface area contributed by atoms with Crippen LogP contribution in [0.25, 0.3) is 0 Å². The second kappa shape index (κ2) is 9.72. The fraction of sp³-hybridized carbons (Fsp3) is 0.542. The Hall–Kier alpha value is -3.23. The van der Waals surface area contributed by atoms with E-state index < -0.39 is 31.0 Å². The van der Waals surface area contributed by atoms with Crippen LogP contribution in [0.15, 0.2) is 24.3 Å². The summed E-state index contributed by atoms with van der Waals surface area (Å²) >= 11 is 0. The van der Waals surface area contributed by atoms with Gasteiger partial charge < -0.3 is 14.8 Å². The molecular weight excluding hydrogens is 428 g/mol. The Bertz CT molecular complexity index is 930.